The van der Waals surface area contributed by atoms with E-state index in [1.165, 1.54) is 0 Å². The Morgan fingerprint density at radius 2 is 1.95 bits per heavy atom. The number of hydrogen-bond donors (Lipinski definition) is 0. The topological polar surface area (TPSA) is 47.8 Å². The summed E-state index contributed by atoms with van der Waals surface area (Å²) >= 11 is 5.99. The van der Waals surface area contributed by atoms with Crippen LogP contribution in [0.1, 0.15) is 24.5 Å². The number of hydrogen-bond acceptors (Lipinski definition) is 3. The summed E-state index contributed by atoms with van der Waals surface area (Å²) in [4.78, 5) is 21.6. The average Bonchev–Trinajstić information content (AvgIpc) is 2.55. The number of nitrogens with zero attached hydrogens (tertiary/aromatic N) is 3. The molecule has 2 heterocycles. The van der Waals surface area contributed by atoms with E-state index in [2.05, 4.69) is 9.97 Å². The van der Waals surface area contributed by atoms with Gasteiger partial charge in [-0.25, -0.2) is 4.98 Å². The number of fused-ring (bicyclic) bond motifs is 1. The second kappa shape index (κ2) is 5.66. The van der Waals surface area contributed by atoms with Gasteiger partial charge < -0.3 is 0 Å². The van der Waals surface area contributed by atoms with Crippen molar-refractivity contribution >= 4 is 22.5 Å². The van der Waals surface area contributed by atoms with Crippen molar-refractivity contribution in [3.63, 3.8) is 0 Å². The van der Waals surface area contributed by atoms with E-state index in [9.17, 15) is 4.79 Å². The normalized spacial score (nSPS) is 12.5. The Labute approximate surface area is 127 Å². The van der Waals surface area contributed by atoms with Crippen LogP contribution >= 0.6 is 11.6 Å². The van der Waals surface area contributed by atoms with Crippen LogP contribution in [0, 0.1) is 0 Å². The van der Waals surface area contributed by atoms with Crippen molar-refractivity contribution in [2.24, 2.45) is 0 Å². The fourth-order valence-corrected chi connectivity index (χ4v) is 2.63. The highest BCUT2D eigenvalue weighted by atomic mass is 35.5. The third-order valence-electron chi connectivity index (χ3n) is 3.50. The van der Waals surface area contributed by atoms with E-state index in [0.717, 1.165) is 5.69 Å². The highest BCUT2D eigenvalue weighted by molar-refractivity contribution is 6.16. The minimum Gasteiger partial charge on any atom is -0.286 e. The third kappa shape index (κ3) is 2.43. The molecule has 0 spiro atoms. The Bertz CT molecular complexity index is 830. The number of aromatic nitrogens is 3. The molecule has 3 aromatic rings. The lowest BCUT2D eigenvalue weighted by Crippen LogP contribution is -2.28. The Kier molecular flexibility index (Phi) is 3.71. The maximum atomic E-state index is 12.8. The van der Waals surface area contributed by atoms with E-state index in [1.54, 1.807) is 16.8 Å². The van der Waals surface area contributed by atoms with Crippen LogP contribution in [0.25, 0.3) is 10.9 Å². The minimum absolute atomic E-state index is 0.0885. The van der Waals surface area contributed by atoms with E-state index in [1.807, 2.05) is 43.3 Å². The number of rotatable bonds is 3. The van der Waals surface area contributed by atoms with Crippen LogP contribution in [0.3, 0.4) is 0 Å². The zero-order chi connectivity index (χ0) is 14.8. The molecule has 0 aliphatic rings. The lowest BCUT2D eigenvalue weighted by molar-refractivity contribution is 0.570. The Morgan fingerprint density at radius 1 is 1.19 bits per heavy atom. The van der Waals surface area contributed by atoms with Gasteiger partial charge in [0.25, 0.3) is 5.56 Å². The van der Waals surface area contributed by atoms with Crippen molar-refractivity contribution in [3.8, 4) is 0 Å². The molecule has 0 radical (unpaired) electrons. The summed E-state index contributed by atoms with van der Waals surface area (Å²) in [6.45, 7) is 1.93. The van der Waals surface area contributed by atoms with Crippen LogP contribution in [0.2, 0.25) is 0 Å². The summed E-state index contributed by atoms with van der Waals surface area (Å²) in [5.41, 5.74) is 1.39. The summed E-state index contributed by atoms with van der Waals surface area (Å²) in [7, 11) is 0. The van der Waals surface area contributed by atoms with Gasteiger partial charge in [-0.3, -0.25) is 14.3 Å². The average molecular weight is 300 g/mol. The predicted octanol–water partition coefficient (Wildman–Crippen LogP) is 3.14. The van der Waals surface area contributed by atoms with Gasteiger partial charge in [-0.2, -0.15) is 0 Å². The molecule has 0 fully saturated rings. The number of halogens is 1. The van der Waals surface area contributed by atoms with E-state index >= 15 is 0 Å². The smallest absolute Gasteiger partial charge is 0.262 e. The monoisotopic (exact) mass is 299 g/mol. The molecule has 2 aromatic heterocycles. The molecule has 3 rings (SSSR count). The van der Waals surface area contributed by atoms with Gasteiger partial charge in [-0.1, -0.05) is 18.2 Å². The van der Waals surface area contributed by atoms with Crippen molar-refractivity contribution in [3.05, 3.63) is 70.5 Å². The van der Waals surface area contributed by atoms with Crippen LogP contribution in [-0.2, 0) is 5.88 Å². The van der Waals surface area contributed by atoms with Crippen LogP contribution in [0.15, 0.2) is 53.5 Å². The molecular formula is C16H14ClN3O. The van der Waals surface area contributed by atoms with Crippen molar-refractivity contribution in [2.75, 3.05) is 0 Å². The largest absolute Gasteiger partial charge is 0.286 e. The summed E-state index contributed by atoms with van der Waals surface area (Å²) < 4.78 is 1.62. The lowest BCUT2D eigenvalue weighted by Gasteiger charge is -2.18. The molecule has 0 aliphatic heterocycles. The molecule has 1 unspecified atom stereocenters. The quantitative estimate of drug-likeness (QED) is 0.698. The van der Waals surface area contributed by atoms with Gasteiger partial charge in [-0.15, -0.1) is 11.6 Å². The molecule has 1 atom stereocenters. The number of alkyl halides is 1. The first-order chi connectivity index (χ1) is 10.2. The van der Waals surface area contributed by atoms with Gasteiger partial charge in [0, 0.05) is 6.20 Å². The molecule has 106 valence electrons. The van der Waals surface area contributed by atoms with Crippen molar-refractivity contribution < 1.29 is 0 Å². The predicted molar refractivity (Wildman–Crippen MR) is 83.6 cm³/mol. The number of benzene rings is 1. The first kappa shape index (κ1) is 13.8. The molecule has 0 saturated heterocycles. The fraction of sp³-hybridized carbons (Fsp3) is 0.188. The summed E-state index contributed by atoms with van der Waals surface area (Å²) in [6, 6.07) is 12.7. The highest BCUT2D eigenvalue weighted by Gasteiger charge is 2.17. The van der Waals surface area contributed by atoms with Gasteiger partial charge in [0.1, 0.15) is 5.82 Å². The second-order valence-corrected chi connectivity index (χ2v) is 5.05. The van der Waals surface area contributed by atoms with E-state index in [4.69, 9.17) is 11.6 Å². The van der Waals surface area contributed by atoms with Gasteiger partial charge in [0.15, 0.2) is 0 Å². The third-order valence-corrected chi connectivity index (χ3v) is 3.74. The molecule has 0 N–H and O–H groups in total. The summed E-state index contributed by atoms with van der Waals surface area (Å²) in [5.74, 6) is 0.732. The van der Waals surface area contributed by atoms with Gasteiger partial charge in [0.05, 0.1) is 28.5 Å². The zero-order valence-corrected chi connectivity index (χ0v) is 12.3. The van der Waals surface area contributed by atoms with Gasteiger partial charge in [-0.05, 0) is 31.2 Å². The second-order valence-electron chi connectivity index (χ2n) is 4.78. The first-order valence-electron chi connectivity index (χ1n) is 6.69. The van der Waals surface area contributed by atoms with Crippen molar-refractivity contribution in [1.82, 2.24) is 14.5 Å². The summed E-state index contributed by atoms with van der Waals surface area (Å²) in [6.07, 6.45) is 1.71. The molecular weight excluding hydrogens is 286 g/mol. The lowest BCUT2D eigenvalue weighted by atomic mass is 10.2. The molecule has 21 heavy (non-hydrogen) atoms. The zero-order valence-electron chi connectivity index (χ0n) is 11.5. The molecule has 0 saturated carbocycles. The molecule has 0 aliphatic carbocycles. The Morgan fingerprint density at radius 3 is 2.67 bits per heavy atom. The standard InChI is InChI=1S/C16H14ClN3O/c1-11(13-7-4-5-9-18-13)20-15(10-17)19-14-8-3-2-6-12(14)16(20)21/h2-9,11H,10H2,1H3. The Balaban J connectivity index is 2.26. The molecule has 4 nitrogen and oxygen atoms in total. The molecule has 0 bridgehead atoms. The molecule has 0 amide bonds. The molecule has 1 aromatic carbocycles. The summed E-state index contributed by atoms with van der Waals surface area (Å²) in [5, 5.41) is 0.592. The van der Waals surface area contributed by atoms with E-state index in [-0.39, 0.29) is 17.5 Å². The van der Waals surface area contributed by atoms with Crippen LogP contribution in [0.4, 0.5) is 0 Å². The van der Waals surface area contributed by atoms with E-state index < -0.39 is 0 Å². The Hall–Kier alpha value is -2.20. The van der Waals surface area contributed by atoms with Crippen molar-refractivity contribution in [1.29, 1.82) is 0 Å². The maximum absolute atomic E-state index is 12.8. The van der Waals surface area contributed by atoms with Gasteiger partial charge in [0.2, 0.25) is 0 Å². The van der Waals surface area contributed by atoms with Gasteiger partial charge >= 0.3 is 0 Å². The minimum atomic E-state index is -0.218. The highest BCUT2D eigenvalue weighted by Crippen LogP contribution is 2.18. The number of para-hydroxylation sites is 1. The maximum Gasteiger partial charge on any atom is 0.262 e. The SMILES string of the molecule is CC(c1ccccn1)n1c(CCl)nc2ccccc2c1=O. The van der Waals surface area contributed by atoms with Crippen molar-refractivity contribution in [2.45, 2.75) is 18.8 Å². The van der Waals surface area contributed by atoms with E-state index in [0.29, 0.717) is 16.7 Å². The molecule has 5 heteroatoms. The number of pyridine rings is 1. The van der Waals surface area contributed by atoms with Crippen LogP contribution in [0.5, 0.6) is 0 Å². The first-order valence-corrected chi connectivity index (χ1v) is 7.23. The van der Waals surface area contributed by atoms with Crippen LogP contribution < -0.4 is 5.56 Å². The fourth-order valence-electron chi connectivity index (χ4n) is 2.44. The van der Waals surface area contributed by atoms with Crippen LogP contribution in [-0.4, -0.2) is 14.5 Å².